The maximum Gasteiger partial charge on any atom is 0.232 e. The number of hydrogen-bond donors (Lipinski definition) is 1. The molecule has 0 fully saturated rings. The number of carbonyl (C=O) groups is 1. The second kappa shape index (κ2) is 7.09. The molecule has 24 heavy (non-hydrogen) atoms. The Kier molecular flexibility index (Phi) is 5.33. The van der Waals surface area contributed by atoms with Gasteiger partial charge in [0.2, 0.25) is 5.91 Å². The van der Waals surface area contributed by atoms with Gasteiger partial charge in [0.05, 0.1) is 16.5 Å². The van der Waals surface area contributed by atoms with Crippen LogP contribution in [-0.4, -0.2) is 30.5 Å². The maximum absolute atomic E-state index is 12.5. The van der Waals surface area contributed by atoms with Crippen molar-refractivity contribution in [3.05, 3.63) is 47.9 Å². The molecule has 2 aromatic rings. The Bertz CT molecular complexity index is 830. The number of rotatable bonds is 5. The first-order valence-corrected chi connectivity index (χ1v) is 9.51. The number of carbonyl (C=O) groups excluding carboxylic acids is 1. The highest BCUT2D eigenvalue weighted by Gasteiger charge is 2.19. The molecule has 6 nitrogen and oxygen atoms in total. The molecule has 0 spiro atoms. The zero-order valence-electron chi connectivity index (χ0n) is 14.1. The van der Waals surface area contributed by atoms with Gasteiger partial charge in [-0.05, 0) is 30.5 Å². The summed E-state index contributed by atoms with van der Waals surface area (Å²) in [7, 11) is -3.25. The van der Waals surface area contributed by atoms with E-state index in [0.29, 0.717) is 5.82 Å². The molecule has 0 radical (unpaired) electrons. The first-order chi connectivity index (χ1) is 11.2. The fourth-order valence-electron chi connectivity index (χ4n) is 2.25. The normalized spacial score (nSPS) is 12.9. The molecular weight excluding hydrogens is 326 g/mol. The average molecular weight is 347 g/mol. The Morgan fingerprint density at radius 3 is 2.17 bits per heavy atom. The van der Waals surface area contributed by atoms with Crippen LogP contribution < -0.4 is 5.32 Å². The van der Waals surface area contributed by atoms with Crippen molar-refractivity contribution >= 4 is 21.6 Å². The van der Waals surface area contributed by atoms with E-state index in [1.54, 1.807) is 25.3 Å². The number of hydrogen-bond acceptors (Lipinski definition) is 5. The van der Waals surface area contributed by atoms with Gasteiger partial charge in [0.25, 0.3) is 0 Å². The van der Waals surface area contributed by atoms with Crippen molar-refractivity contribution in [3.63, 3.8) is 0 Å². The number of benzene rings is 1. The van der Waals surface area contributed by atoms with Gasteiger partial charge < -0.3 is 5.32 Å². The van der Waals surface area contributed by atoms with Crippen LogP contribution in [0.1, 0.15) is 43.9 Å². The van der Waals surface area contributed by atoms with Gasteiger partial charge in [-0.15, -0.1) is 0 Å². The SMILES string of the molecule is CC(C)c1nccnc1NC(=O)C(C)c1ccc(S(C)(=O)=O)cc1. The Morgan fingerprint density at radius 1 is 1.04 bits per heavy atom. The van der Waals surface area contributed by atoms with Gasteiger partial charge in [-0.2, -0.15) is 0 Å². The van der Waals surface area contributed by atoms with Crippen LogP contribution in [0.25, 0.3) is 0 Å². The number of nitrogens with one attached hydrogen (secondary N) is 1. The summed E-state index contributed by atoms with van der Waals surface area (Å²) in [6.45, 7) is 5.72. The molecule has 2 rings (SSSR count). The number of nitrogens with zero attached hydrogens (tertiary/aromatic N) is 2. The lowest BCUT2D eigenvalue weighted by Crippen LogP contribution is -2.21. The van der Waals surface area contributed by atoms with E-state index >= 15 is 0 Å². The summed E-state index contributed by atoms with van der Waals surface area (Å²) in [5, 5.41) is 2.80. The quantitative estimate of drug-likeness (QED) is 0.898. The van der Waals surface area contributed by atoms with E-state index < -0.39 is 15.8 Å². The highest BCUT2D eigenvalue weighted by atomic mass is 32.2. The van der Waals surface area contributed by atoms with E-state index in [2.05, 4.69) is 15.3 Å². The minimum atomic E-state index is -3.25. The summed E-state index contributed by atoms with van der Waals surface area (Å²) in [5.74, 6) is -0.0689. The van der Waals surface area contributed by atoms with Crippen LogP contribution >= 0.6 is 0 Å². The smallest absolute Gasteiger partial charge is 0.232 e. The predicted octanol–water partition coefficient (Wildman–Crippen LogP) is 2.75. The largest absolute Gasteiger partial charge is 0.309 e. The Morgan fingerprint density at radius 2 is 1.62 bits per heavy atom. The van der Waals surface area contributed by atoms with Crippen LogP contribution in [0, 0.1) is 0 Å². The van der Waals surface area contributed by atoms with E-state index in [1.165, 1.54) is 18.3 Å². The van der Waals surface area contributed by atoms with E-state index in [9.17, 15) is 13.2 Å². The van der Waals surface area contributed by atoms with E-state index in [0.717, 1.165) is 17.5 Å². The van der Waals surface area contributed by atoms with Gasteiger partial charge in [-0.25, -0.2) is 13.4 Å². The van der Waals surface area contributed by atoms with Crippen molar-refractivity contribution in [2.75, 3.05) is 11.6 Å². The first-order valence-electron chi connectivity index (χ1n) is 7.62. The fourth-order valence-corrected chi connectivity index (χ4v) is 2.88. The van der Waals surface area contributed by atoms with Gasteiger partial charge in [-0.3, -0.25) is 9.78 Å². The molecule has 128 valence electrons. The Labute approximate surface area is 142 Å². The summed E-state index contributed by atoms with van der Waals surface area (Å²) in [4.78, 5) is 21.2. The fraction of sp³-hybridized carbons (Fsp3) is 0.353. The molecule has 0 saturated heterocycles. The highest BCUT2D eigenvalue weighted by Crippen LogP contribution is 2.22. The standard InChI is InChI=1S/C17H21N3O3S/c1-11(2)15-16(19-10-9-18-15)20-17(21)12(3)13-5-7-14(8-6-13)24(4,22)23/h5-12H,1-4H3,(H,19,20,21). The van der Waals surface area contributed by atoms with Crippen molar-refractivity contribution in [2.45, 2.75) is 37.5 Å². The molecule has 0 bridgehead atoms. The summed E-state index contributed by atoms with van der Waals surface area (Å²) in [6.07, 6.45) is 4.28. The van der Waals surface area contributed by atoms with Crippen molar-refractivity contribution < 1.29 is 13.2 Å². The average Bonchev–Trinajstić information content (AvgIpc) is 2.53. The number of anilines is 1. The molecule has 0 aliphatic rings. The Balaban J connectivity index is 2.19. The van der Waals surface area contributed by atoms with E-state index in [1.807, 2.05) is 13.8 Å². The lowest BCUT2D eigenvalue weighted by Gasteiger charge is -2.15. The lowest BCUT2D eigenvalue weighted by atomic mass is 10.0. The van der Waals surface area contributed by atoms with Crippen LogP contribution in [0.15, 0.2) is 41.6 Å². The zero-order chi connectivity index (χ0) is 17.9. The van der Waals surface area contributed by atoms with Crippen LogP contribution in [0.4, 0.5) is 5.82 Å². The van der Waals surface area contributed by atoms with E-state index in [-0.39, 0.29) is 16.7 Å². The summed E-state index contributed by atoms with van der Waals surface area (Å²) in [5.41, 5.74) is 1.46. The summed E-state index contributed by atoms with van der Waals surface area (Å²) in [6, 6.07) is 6.33. The van der Waals surface area contributed by atoms with Gasteiger partial charge in [0.15, 0.2) is 15.7 Å². The molecule has 1 amide bonds. The predicted molar refractivity (Wildman–Crippen MR) is 92.7 cm³/mol. The van der Waals surface area contributed by atoms with E-state index in [4.69, 9.17) is 0 Å². The van der Waals surface area contributed by atoms with Gasteiger partial charge >= 0.3 is 0 Å². The molecule has 1 N–H and O–H groups in total. The molecule has 1 aromatic heterocycles. The monoisotopic (exact) mass is 347 g/mol. The van der Waals surface area contributed by atoms with Crippen LogP contribution in [0.3, 0.4) is 0 Å². The molecule has 0 saturated carbocycles. The topological polar surface area (TPSA) is 89.0 Å². The third-order valence-electron chi connectivity index (χ3n) is 3.72. The number of aromatic nitrogens is 2. The van der Waals surface area contributed by atoms with Crippen LogP contribution in [-0.2, 0) is 14.6 Å². The van der Waals surface area contributed by atoms with Crippen molar-refractivity contribution in [1.82, 2.24) is 9.97 Å². The molecule has 0 aliphatic carbocycles. The molecule has 1 atom stereocenters. The maximum atomic E-state index is 12.5. The van der Waals surface area contributed by atoms with Crippen LogP contribution in [0.2, 0.25) is 0 Å². The third-order valence-corrected chi connectivity index (χ3v) is 4.85. The molecule has 1 heterocycles. The van der Waals surface area contributed by atoms with Gasteiger partial charge in [-0.1, -0.05) is 26.0 Å². The molecule has 1 unspecified atom stereocenters. The summed E-state index contributed by atoms with van der Waals surface area (Å²) >= 11 is 0. The van der Waals surface area contributed by atoms with Crippen LogP contribution in [0.5, 0.6) is 0 Å². The molecule has 1 aromatic carbocycles. The van der Waals surface area contributed by atoms with Crippen molar-refractivity contribution in [3.8, 4) is 0 Å². The zero-order valence-corrected chi connectivity index (χ0v) is 15.0. The second-order valence-corrected chi connectivity index (χ2v) is 8.01. The third kappa shape index (κ3) is 4.17. The molecule has 0 aliphatic heterocycles. The second-order valence-electron chi connectivity index (χ2n) is 6.00. The molecular formula is C17H21N3O3S. The van der Waals surface area contributed by atoms with Crippen molar-refractivity contribution in [1.29, 1.82) is 0 Å². The lowest BCUT2D eigenvalue weighted by molar-refractivity contribution is -0.117. The Hall–Kier alpha value is -2.28. The first kappa shape index (κ1) is 18.1. The van der Waals surface area contributed by atoms with Crippen molar-refractivity contribution in [2.24, 2.45) is 0 Å². The summed E-state index contributed by atoms with van der Waals surface area (Å²) < 4.78 is 23.0. The van der Waals surface area contributed by atoms with Gasteiger partial charge in [0, 0.05) is 18.6 Å². The molecule has 7 heteroatoms. The minimum Gasteiger partial charge on any atom is -0.309 e. The number of sulfone groups is 1. The highest BCUT2D eigenvalue weighted by molar-refractivity contribution is 7.90. The minimum absolute atomic E-state index is 0.137. The van der Waals surface area contributed by atoms with Gasteiger partial charge in [0.1, 0.15) is 0 Å². The number of amides is 1.